The van der Waals surface area contributed by atoms with E-state index in [-0.39, 0.29) is 18.8 Å². The second-order valence-electron chi connectivity index (χ2n) is 6.68. The van der Waals surface area contributed by atoms with Crippen molar-refractivity contribution in [2.24, 2.45) is 0 Å². The average molecular weight is 369 g/mol. The van der Waals surface area contributed by atoms with Crippen LogP contribution < -0.4 is 24.3 Å². The summed E-state index contributed by atoms with van der Waals surface area (Å²) in [7, 11) is 3.24. The molecular weight excluding hydrogens is 350 g/mol. The zero-order chi connectivity index (χ0) is 18.5. The molecule has 27 heavy (non-hydrogen) atoms. The Balaban J connectivity index is 1.60. The Labute approximate surface area is 156 Å². The normalized spacial score (nSPS) is 22.1. The molecule has 0 unspecified atom stereocenters. The third-order valence-electron chi connectivity index (χ3n) is 5.36. The maximum absolute atomic E-state index is 12.6. The number of cyclic esters (lactones) is 1. The summed E-state index contributed by atoms with van der Waals surface area (Å²) >= 11 is 0. The van der Waals surface area contributed by atoms with Crippen LogP contribution in [0.4, 0.5) is 0 Å². The molecule has 0 aliphatic carbocycles. The maximum atomic E-state index is 12.6. The van der Waals surface area contributed by atoms with Gasteiger partial charge in [-0.1, -0.05) is 6.07 Å². The first kappa shape index (κ1) is 16.3. The SMILES string of the molecule is COc1cc2c(cc1OC)[C@H]([C@H]1OC(=O)c3c1ccc1c3OCO1)NCC2. The molecule has 0 bridgehead atoms. The quantitative estimate of drug-likeness (QED) is 0.833. The zero-order valence-corrected chi connectivity index (χ0v) is 15.0. The molecule has 2 aromatic carbocycles. The van der Waals surface area contributed by atoms with Gasteiger partial charge in [-0.2, -0.15) is 0 Å². The van der Waals surface area contributed by atoms with Crippen LogP contribution in [0.25, 0.3) is 0 Å². The van der Waals surface area contributed by atoms with Crippen molar-refractivity contribution in [1.82, 2.24) is 5.32 Å². The predicted molar refractivity (Wildman–Crippen MR) is 94.7 cm³/mol. The average Bonchev–Trinajstić information content (AvgIpc) is 3.30. The van der Waals surface area contributed by atoms with Gasteiger partial charge in [0.25, 0.3) is 0 Å². The van der Waals surface area contributed by atoms with Crippen molar-refractivity contribution in [1.29, 1.82) is 0 Å². The van der Waals surface area contributed by atoms with E-state index in [9.17, 15) is 4.79 Å². The van der Waals surface area contributed by atoms with Crippen molar-refractivity contribution in [3.63, 3.8) is 0 Å². The minimum Gasteiger partial charge on any atom is -0.493 e. The molecule has 1 N–H and O–H groups in total. The molecule has 3 aliphatic rings. The van der Waals surface area contributed by atoms with Crippen LogP contribution in [0.15, 0.2) is 24.3 Å². The maximum Gasteiger partial charge on any atom is 0.343 e. The summed E-state index contributed by atoms with van der Waals surface area (Å²) in [6.45, 7) is 0.895. The van der Waals surface area contributed by atoms with Gasteiger partial charge < -0.3 is 29.0 Å². The van der Waals surface area contributed by atoms with Gasteiger partial charge >= 0.3 is 5.97 Å². The summed E-state index contributed by atoms with van der Waals surface area (Å²) in [5.41, 5.74) is 3.47. The van der Waals surface area contributed by atoms with Crippen LogP contribution in [0.1, 0.15) is 39.2 Å². The lowest BCUT2D eigenvalue weighted by molar-refractivity contribution is 0.0284. The number of carbonyl (C=O) groups is 1. The predicted octanol–water partition coefficient (Wildman–Crippen LogP) is 2.53. The van der Waals surface area contributed by atoms with Crippen molar-refractivity contribution in [3.8, 4) is 23.0 Å². The molecule has 7 nitrogen and oxygen atoms in total. The topological polar surface area (TPSA) is 75.3 Å². The van der Waals surface area contributed by atoms with Gasteiger partial charge in [-0.25, -0.2) is 4.79 Å². The number of fused-ring (bicyclic) bond motifs is 4. The number of esters is 1. The minimum absolute atomic E-state index is 0.116. The molecule has 5 rings (SSSR count). The number of benzene rings is 2. The highest BCUT2D eigenvalue weighted by Gasteiger charge is 2.43. The van der Waals surface area contributed by atoms with Crippen molar-refractivity contribution in [2.75, 3.05) is 27.6 Å². The van der Waals surface area contributed by atoms with Gasteiger partial charge in [0, 0.05) is 5.56 Å². The van der Waals surface area contributed by atoms with E-state index in [1.54, 1.807) is 14.2 Å². The summed E-state index contributed by atoms with van der Waals surface area (Å²) in [5.74, 6) is 2.02. The fraction of sp³-hybridized carbons (Fsp3) is 0.350. The summed E-state index contributed by atoms with van der Waals surface area (Å²) in [6, 6.07) is 7.49. The van der Waals surface area contributed by atoms with Crippen LogP contribution in [-0.2, 0) is 11.2 Å². The monoisotopic (exact) mass is 369 g/mol. The minimum atomic E-state index is -0.445. The van der Waals surface area contributed by atoms with E-state index in [4.69, 9.17) is 23.7 Å². The van der Waals surface area contributed by atoms with Crippen molar-refractivity contribution in [3.05, 3.63) is 46.5 Å². The smallest absolute Gasteiger partial charge is 0.343 e. The van der Waals surface area contributed by atoms with Crippen LogP contribution in [0.2, 0.25) is 0 Å². The molecule has 0 saturated heterocycles. The van der Waals surface area contributed by atoms with Crippen LogP contribution in [0.3, 0.4) is 0 Å². The van der Waals surface area contributed by atoms with Gasteiger partial charge in [-0.3, -0.25) is 0 Å². The van der Waals surface area contributed by atoms with Gasteiger partial charge in [0.1, 0.15) is 11.7 Å². The lowest BCUT2D eigenvalue weighted by Gasteiger charge is -2.31. The highest BCUT2D eigenvalue weighted by molar-refractivity contribution is 5.98. The lowest BCUT2D eigenvalue weighted by atomic mass is 9.87. The third-order valence-corrected chi connectivity index (χ3v) is 5.36. The van der Waals surface area contributed by atoms with E-state index in [1.165, 1.54) is 0 Å². The molecular formula is C20H19NO6. The van der Waals surface area contributed by atoms with Gasteiger partial charge in [0.15, 0.2) is 23.0 Å². The number of nitrogens with one attached hydrogen (secondary N) is 1. The number of methoxy groups -OCH3 is 2. The molecule has 7 heteroatoms. The highest BCUT2D eigenvalue weighted by atomic mass is 16.7. The lowest BCUT2D eigenvalue weighted by Crippen LogP contribution is -2.34. The first-order chi connectivity index (χ1) is 13.2. The fourth-order valence-corrected chi connectivity index (χ4v) is 4.11. The molecule has 3 heterocycles. The molecule has 3 aliphatic heterocycles. The summed E-state index contributed by atoms with van der Waals surface area (Å²) in [5, 5.41) is 3.49. The van der Waals surface area contributed by atoms with Gasteiger partial charge in [0.2, 0.25) is 6.79 Å². The highest BCUT2D eigenvalue weighted by Crippen LogP contribution is 2.49. The molecule has 2 aromatic rings. The molecule has 0 spiro atoms. The first-order valence-corrected chi connectivity index (χ1v) is 8.83. The Morgan fingerprint density at radius 3 is 2.70 bits per heavy atom. The molecule has 0 radical (unpaired) electrons. The van der Waals surface area contributed by atoms with Crippen molar-refractivity contribution >= 4 is 5.97 Å². The van der Waals surface area contributed by atoms with Crippen LogP contribution >= 0.6 is 0 Å². The molecule has 0 fully saturated rings. The van der Waals surface area contributed by atoms with E-state index in [0.717, 1.165) is 29.7 Å². The Morgan fingerprint density at radius 2 is 1.89 bits per heavy atom. The van der Waals surface area contributed by atoms with Crippen molar-refractivity contribution < 1.29 is 28.5 Å². The molecule has 140 valence electrons. The standard InChI is InChI=1S/C20H19NO6/c1-23-14-7-10-5-6-21-17(12(10)8-15(14)24-2)18-11-3-4-13-19(26-9-25-13)16(11)20(22)27-18/h3-4,7-8,17-18,21H,5-6,9H2,1-2H3/t17-,18+/m1/s1. The Hall–Kier alpha value is -2.93. The van der Waals surface area contributed by atoms with E-state index >= 15 is 0 Å². The Bertz CT molecular complexity index is 941. The number of hydrogen-bond donors (Lipinski definition) is 1. The van der Waals surface area contributed by atoms with E-state index in [1.807, 2.05) is 24.3 Å². The summed E-state index contributed by atoms with van der Waals surface area (Å²) in [4.78, 5) is 12.6. The van der Waals surface area contributed by atoms with Gasteiger partial charge in [-0.05, 0) is 42.3 Å². The molecule has 0 amide bonds. The summed E-state index contributed by atoms with van der Waals surface area (Å²) in [6.07, 6.45) is 0.417. The first-order valence-electron chi connectivity index (χ1n) is 8.83. The molecule has 0 saturated carbocycles. The fourth-order valence-electron chi connectivity index (χ4n) is 4.11. The molecule has 0 aromatic heterocycles. The van der Waals surface area contributed by atoms with E-state index in [0.29, 0.717) is 28.6 Å². The van der Waals surface area contributed by atoms with E-state index in [2.05, 4.69) is 5.32 Å². The van der Waals surface area contributed by atoms with Gasteiger partial charge in [-0.15, -0.1) is 0 Å². The molecule has 2 atom stereocenters. The third kappa shape index (κ3) is 2.35. The van der Waals surface area contributed by atoms with E-state index < -0.39 is 6.10 Å². The zero-order valence-electron chi connectivity index (χ0n) is 15.0. The largest absolute Gasteiger partial charge is 0.493 e. The van der Waals surface area contributed by atoms with Crippen LogP contribution in [0.5, 0.6) is 23.0 Å². The van der Waals surface area contributed by atoms with Crippen LogP contribution in [0, 0.1) is 0 Å². The second-order valence-corrected chi connectivity index (χ2v) is 6.68. The number of hydrogen-bond acceptors (Lipinski definition) is 7. The number of carbonyl (C=O) groups excluding carboxylic acids is 1. The Kier molecular flexibility index (Phi) is 3.65. The second kappa shape index (κ2) is 6.06. The Morgan fingerprint density at radius 1 is 1.07 bits per heavy atom. The number of rotatable bonds is 3. The van der Waals surface area contributed by atoms with Gasteiger partial charge in [0.05, 0.1) is 20.3 Å². The summed E-state index contributed by atoms with van der Waals surface area (Å²) < 4.78 is 27.6. The van der Waals surface area contributed by atoms with Crippen molar-refractivity contribution in [2.45, 2.75) is 18.6 Å². The number of ether oxygens (including phenoxy) is 5. The van der Waals surface area contributed by atoms with Crippen LogP contribution in [-0.4, -0.2) is 33.5 Å².